The van der Waals surface area contributed by atoms with Crippen molar-refractivity contribution >= 4 is 16.0 Å². The van der Waals surface area contributed by atoms with Gasteiger partial charge in [-0.1, -0.05) is 36.4 Å². The van der Waals surface area contributed by atoms with E-state index >= 15 is 0 Å². The maximum atomic E-state index is 13.0. The Labute approximate surface area is 160 Å². The maximum Gasteiger partial charge on any atom is 0.338 e. The predicted octanol–water partition coefficient (Wildman–Crippen LogP) is 2.29. The summed E-state index contributed by atoms with van der Waals surface area (Å²) in [5.41, 5.74) is 2.19. The molecule has 0 spiro atoms. The molecular formula is C20H24N2O4S. The number of nitrogens with zero attached hydrogens (tertiary/aromatic N) is 2. The van der Waals surface area contributed by atoms with Crippen LogP contribution in [0.4, 0.5) is 0 Å². The normalized spacial score (nSPS) is 16.2. The molecule has 0 amide bonds. The van der Waals surface area contributed by atoms with Crippen molar-refractivity contribution in [2.24, 2.45) is 0 Å². The zero-order valence-electron chi connectivity index (χ0n) is 15.6. The van der Waals surface area contributed by atoms with Crippen molar-refractivity contribution in [3.8, 4) is 0 Å². The molecule has 0 N–H and O–H groups in total. The number of hydrogen-bond acceptors (Lipinski definition) is 5. The van der Waals surface area contributed by atoms with Crippen LogP contribution in [0.5, 0.6) is 0 Å². The topological polar surface area (TPSA) is 66.9 Å². The molecule has 6 nitrogen and oxygen atoms in total. The highest BCUT2D eigenvalue weighted by atomic mass is 32.2. The Morgan fingerprint density at radius 2 is 1.70 bits per heavy atom. The molecule has 3 rings (SSSR count). The summed E-state index contributed by atoms with van der Waals surface area (Å²) in [6.45, 7) is 4.76. The van der Waals surface area contributed by atoms with Gasteiger partial charge in [0.05, 0.1) is 17.6 Å². The molecule has 7 heteroatoms. The largest absolute Gasteiger partial charge is 0.465 e. The Balaban J connectivity index is 1.71. The molecule has 1 aliphatic rings. The minimum absolute atomic E-state index is 0.130. The number of aryl methyl sites for hydroxylation is 1. The highest BCUT2D eigenvalue weighted by Gasteiger charge is 2.29. The van der Waals surface area contributed by atoms with E-state index in [9.17, 15) is 13.2 Å². The van der Waals surface area contributed by atoms with E-state index in [0.29, 0.717) is 31.7 Å². The third kappa shape index (κ3) is 4.37. The number of hydrogen-bond donors (Lipinski definition) is 0. The van der Waals surface area contributed by atoms with Gasteiger partial charge in [0.2, 0.25) is 10.0 Å². The highest BCUT2D eigenvalue weighted by Crippen LogP contribution is 2.22. The van der Waals surface area contributed by atoms with Crippen molar-refractivity contribution < 1.29 is 17.9 Å². The number of esters is 1. The second kappa shape index (κ2) is 8.21. The second-order valence-electron chi connectivity index (χ2n) is 6.63. The van der Waals surface area contributed by atoms with E-state index in [2.05, 4.69) is 17.0 Å². The molecule has 2 aromatic carbocycles. The molecule has 0 radical (unpaired) electrons. The van der Waals surface area contributed by atoms with E-state index in [1.54, 1.807) is 19.1 Å². The number of rotatable bonds is 5. The van der Waals surface area contributed by atoms with Crippen molar-refractivity contribution in [3.63, 3.8) is 0 Å². The van der Waals surface area contributed by atoms with Gasteiger partial charge in [0, 0.05) is 32.7 Å². The first-order chi connectivity index (χ1) is 12.9. The van der Waals surface area contributed by atoms with E-state index in [0.717, 1.165) is 6.54 Å². The zero-order chi connectivity index (χ0) is 19.4. The van der Waals surface area contributed by atoms with Gasteiger partial charge in [0.1, 0.15) is 0 Å². The molecule has 0 atom stereocenters. The van der Waals surface area contributed by atoms with Gasteiger partial charge in [0.25, 0.3) is 0 Å². The summed E-state index contributed by atoms with van der Waals surface area (Å²) < 4.78 is 32.2. The predicted molar refractivity (Wildman–Crippen MR) is 103 cm³/mol. The Morgan fingerprint density at radius 3 is 2.33 bits per heavy atom. The third-order valence-corrected chi connectivity index (χ3v) is 6.73. The molecule has 144 valence electrons. The van der Waals surface area contributed by atoms with Gasteiger partial charge in [0.15, 0.2) is 0 Å². The summed E-state index contributed by atoms with van der Waals surface area (Å²) in [7, 11) is -2.35. The van der Waals surface area contributed by atoms with Crippen LogP contribution >= 0.6 is 0 Å². The van der Waals surface area contributed by atoms with E-state index in [4.69, 9.17) is 4.74 Å². The van der Waals surface area contributed by atoms with Gasteiger partial charge < -0.3 is 4.74 Å². The van der Waals surface area contributed by atoms with E-state index in [1.807, 2.05) is 18.2 Å². The molecule has 1 heterocycles. The number of methoxy groups -OCH3 is 1. The average Bonchev–Trinajstić information content (AvgIpc) is 2.69. The van der Waals surface area contributed by atoms with Crippen LogP contribution in [0.1, 0.15) is 21.5 Å². The lowest BCUT2D eigenvalue weighted by atomic mass is 10.1. The number of carbonyl (C=O) groups is 1. The maximum absolute atomic E-state index is 13.0. The Bertz CT molecular complexity index is 905. The molecule has 0 bridgehead atoms. The lowest BCUT2D eigenvalue weighted by Gasteiger charge is -2.34. The van der Waals surface area contributed by atoms with Crippen LogP contribution in [0.25, 0.3) is 0 Å². The fraction of sp³-hybridized carbons (Fsp3) is 0.350. The number of ether oxygens (including phenoxy) is 1. The monoisotopic (exact) mass is 388 g/mol. The molecule has 0 aliphatic carbocycles. The molecule has 0 unspecified atom stereocenters. The van der Waals surface area contributed by atoms with Crippen molar-refractivity contribution in [2.45, 2.75) is 18.4 Å². The standard InChI is InChI=1S/C20H24N2O4S/c1-16-8-9-18(14-19(16)20(23)26-2)27(24,25)22-12-10-21(11-13-22)15-17-6-4-3-5-7-17/h3-9,14H,10-13,15H2,1-2H3. The van der Waals surface area contributed by atoms with Gasteiger partial charge in [-0.2, -0.15) is 4.31 Å². The first-order valence-corrected chi connectivity index (χ1v) is 10.3. The molecule has 0 saturated carbocycles. The second-order valence-corrected chi connectivity index (χ2v) is 8.57. The average molecular weight is 388 g/mol. The quantitative estimate of drug-likeness (QED) is 0.735. The molecular weight excluding hydrogens is 364 g/mol. The zero-order valence-corrected chi connectivity index (χ0v) is 16.4. The van der Waals surface area contributed by atoms with Crippen LogP contribution < -0.4 is 0 Å². The minimum Gasteiger partial charge on any atom is -0.465 e. The fourth-order valence-electron chi connectivity index (χ4n) is 3.21. The molecule has 1 fully saturated rings. The summed E-state index contributed by atoms with van der Waals surface area (Å²) in [6, 6.07) is 14.7. The number of carbonyl (C=O) groups excluding carboxylic acids is 1. The van der Waals surface area contributed by atoms with Crippen molar-refractivity contribution in [1.82, 2.24) is 9.21 Å². The van der Waals surface area contributed by atoms with E-state index < -0.39 is 16.0 Å². The lowest BCUT2D eigenvalue weighted by molar-refractivity contribution is 0.0599. The highest BCUT2D eigenvalue weighted by molar-refractivity contribution is 7.89. The number of sulfonamides is 1. The third-order valence-electron chi connectivity index (χ3n) is 4.83. The van der Waals surface area contributed by atoms with Crippen LogP contribution in [0, 0.1) is 6.92 Å². The van der Waals surface area contributed by atoms with Crippen molar-refractivity contribution in [1.29, 1.82) is 0 Å². The van der Waals surface area contributed by atoms with Crippen LogP contribution in [-0.4, -0.2) is 56.9 Å². The Morgan fingerprint density at radius 1 is 1.04 bits per heavy atom. The smallest absolute Gasteiger partial charge is 0.338 e. The fourth-order valence-corrected chi connectivity index (χ4v) is 4.66. The molecule has 1 aliphatic heterocycles. The molecule has 1 saturated heterocycles. The van der Waals surface area contributed by atoms with Crippen LogP contribution in [0.2, 0.25) is 0 Å². The lowest BCUT2D eigenvalue weighted by Crippen LogP contribution is -2.48. The van der Waals surface area contributed by atoms with Crippen molar-refractivity contribution in [3.05, 3.63) is 65.2 Å². The van der Waals surface area contributed by atoms with Crippen LogP contribution in [0.3, 0.4) is 0 Å². The Hall–Kier alpha value is -2.22. The summed E-state index contributed by atoms with van der Waals surface area (Å²) in [5.74, 6) is -0.530. The first-order valence-electron chi connectivity index (χ1n) is 8.87. The van der Waals surface area contributed by atoms with E-state index in [1.165, 1.54) is 23.0 Å². The summed E-state index contributed by atoms with van der Waals surface area (Å²) in [5, 5.41) is 0. The van der Waals surface area contributed by atoms with Gasteiger partial charge in [-0.05, 0) is 30.2 Å². The number of benzene rings is 2. The number of piperazine rings is 1. The summed E-state index contributed by atoms with van der Waals surface area (Å²) in [6.07, 6.45) is 0. The van der Waals surface area contributed by atoms with Gasteiger partial charge in [-0.25, -0.2) is 13.2 Å². The molecule has 0 aromatic heterocycles. The van der Waals surface area contributed by atoms with Crippen LogP contribution in [0.15, 0.2) is 53.4 Å². The Kier molecular flexibility index (Phi) is 5.94. The minimum atomic E-state index is -3.64. The van der Waals surface area contributed by atoms with Gasteiger partial charge in [-0.3, -0.25) is 4.90 Å². The first kappa shape index (κ1) is 19.5. The van der Waals surface area contributed by atoms with Gasteiger partial charge in [-0.15, -0.1) is 0 Å². The SMILES string of the molecule is COC(=O)c1cc(S(=O)(=O)N2CCN(Cc3ccccc3)CC2)ccc1C. The van der Waals surface area contributed by atoms with E-state index in [-0.39, 0.29) is 10.5 Å². The molecule has 27 heavy (non-hydrogen) atoms. The van der Waals surface area contributed by atoms with Crippen LogP contribution in [-0.2, 0) is 21.3 Å². The summed E-state index contributed by atoms with van der Waals surface area (Å²) in [4.78, 5) is 14.2. The van der Waals surface area contributed by atoms with Crippen molar-refractivity contribution in [2.75, 3.05) is 33.3 Å². The molecule has 2 aromatic rings. The van der Waals surface area contributed by atoms with Gasteiger partial charge >= 0.3 is 5.97 Å². The summed E-state index contributed by atoms with van der Waals surface area (Å²) >= 11 is 0.